The molecular weight excluding hydrogens is 352 g/mol. The molecule has 4 heterocycles. The number of furan rings is 1. The van der Waals surface area contributed by atoms with Crippen molar-refractivity contribution in [3.05, 3.63) is 54.2 Å². The number of carbonyl (C=O) groups excluding carboxylic acids is 1. The molecule has 1 amide bonds. The maximum Gasteiger partial charge on any atom is 0.223 e. The van der Waals surface area contributed by atoms with Gasteiger partial charge in [-0.25, -0.2) is 0 Å². The van der Waals surface area contributed by atoms with Crippen LogP contribution in [0.1, 0.15) is 36.8 Å². The molecule has 6 heteroatoms. The first-order chi connectivity index (χ1) is 13.8. The van der Waals surface area contributed by atoms with Gasteiger partial charge in [-0.15, -0.1) is 0 Å². The highest BCUT2D eigenvalue weighted by Gasteiger charge is 2.30. The van der Waals surface area contributed by atoms with Crippen molar-refractivity contribution in [1.82, 2.24) is 20.1 Å². The predicted octanol–water partition coefficient (Wildman–Crippen LogP) is 2.67. The van der Waals surface area contributed by atoms with Crippen LogP contribution < -0.4 is 5.32 Å². The normalized spacial score (nSPS) is 20.3. The molecule has 6 nitrogen and oxygen atoms in total. The number of piperidine rings is 2. The molecular formula is C22H30N4O2. The number of nitrogens with zero attached hydrogens (tertiary/aromatic N) is 3. The summed E-state index contributed by atoms with van der Waals surface area (Å²) in [5, 5.41) is 3.08. The highest BCUT2D eigenvalue weighted by molar-refractivity contribution is 5.78. The number of aromatic nitrogens is 1. The molecule has 2 fully saturated rings. The van der Waals surface area contributed by atoms with E-state index in [-0.39, 0.29) is 11.8 Å². The molecule has 0 radical (unpaired) electrons. The SMILES string of the molecule is O=C(NCc1cccnc1)C1CCN(C2CCN(Cc3ccoc3)CC2)CC1. The molecule has 0 aromatic carbocycles. The summed E-state index contributed by atoms with van der Waals surface area (Å²) >= 11 is 0. The number of carbonyl (C=O) groups is 1. The Bertz CT molecular complexity index is 718. The van der Waals surface area contributed by atoms with Gasteiger partial charge in [0.2, 0.25) is 5.91 Å². The smallest absolute Gasteiger partial charge is 0.223 e. The number of hydrogen-bond acceptors (Lipinski definition) is 5. The lowest BCUT2D eigenvalue weighted by atomic mass is 9.92. The highest BCUT2D eigenvalue weighted by Crippen LogP contribution is 2.25. The predicted molar refractivity (Wildman–Crippen MR) is 107 cm³/mol. The highest BCUT2D eigenvalue weighted by atomic mass is 16.3. The Kier molecular flexibility index (Phi) is 6.39. The summed E-state index contributed by atoms with van der Waals surface area (Å²) in [5.74, 6) is 0.340. The van der Waals surface area contributed by atoms with Crippen LogP contribution in [-0.4, -0.2) is 52.9 Å². The third kappa shape index (κ3) is 5.00. The Morgan fingerprint density at radius 2 is 1.93 bits per heavy atom. The van der Waals surface area contributed by atoms with Crippen molar-refractivity contribution in [1.29, 1.82) is 0 Å². The lowest BCUT2D eigenvalue weighted by Gasteiger charge is -2.41. The third-order valence-electron chi connectivity index (χ3n) is 6.15. The molecule has 2 aromatic rings. The molecule has 28 heavy (non-hydrogen) atoms. The lowest BCUT2D eigenvalue weighted by Crippen LogP contribution is -2.49. The molecule has 150 valence electrons. The summed E-state index contributed by atoms with van der Waals surface area (Å²) in [4.78, 5) is 21.7. The zero-order chi connectivity index (χ0) is 19.2. The Morgan fingerprint density at radius 3 is 2.61 bits per heavy atom. The van der Waals surface area contributed by atoms with Gasteiger partial charge in [0.15, 0.2) is 0 Å². The average molecular weight is 383 g/mol. The van der Waals surface area contributed by atoms with Gasteiger partial charge in [-0.2, -0.15) is 0 Å². The minimum absolute atomic E-state index is 0.147. The second kappa shape index (κ2) is 9.34. The van der Waals surface area contributed by atoms with Crippen molar-refractivity contribution >= 4 is 5.91 Å². The quantitative estimate of drug-likeness (QED) is 0.832. The molecule has 2 aromatic heterocycles. The maximum atomic E-state index is 12.5. The van der Waals surface area contributed by atoms with Gasteiger partial charge in [0.1, 0.15) is 0 Å². The van der Waals surface area contributed by atoms with E-state index in [1.54, 1.807) is 12.5 Å². The van der Waals surface area contributed by atoms with Gasteiger partial charge in [-0.3, -0.25) is 14.7 Å². The second-order valence-electron chi connectivity index (χ2n) is 8.03. The van der Waals surface area contributed by atoms with Crippen molar-refractivity contribution in [2.45, 2.75) is 44.8 Å². The summed E-state index contributed by atoms with van der Waals surface area (Å²) in [6, 6.07) is 6.62. The minimum Gasteiger partial charge on any atom is -0.472 e. The zero-order valence-electron chi connectivity index (χ0n) is 16.4. The molecule has 2 aliphatic rings. The summed E-state index contributed by atoms with van der Waals surface area (Å²) in [6.07, 6.45) is 11.5. The first-order valence-electron chi connectivity index (χ1n) is 10.4. The first kappa shape index (κ1) is 19.2. The van der Waals surface area contributed by atoms with Crippen molar-refractivity contribution in [2.24, 2.45) is 5.92 Å². The Labute approximate surface area is 166 Å². The van der Waals surface area contributed by atoms with Crippen LogP contribution in [0.2, 0.25) is 0 Å². The van der Waals surface area contributed by atoms with E-state index in [1.165, 1.54) is 18.4 Å². The molecule has 0 unspecified atom stereocenters. The number of hydrogen-bond donors (Lipinski definition) is 1. The van der Waals surface area contributed by atoms with E-state index in [1.807, 2.05) is 24.6 Å². The van der Waals surface area contributed by atoms with Crippen LogP contribution in [0.5, 0.6) is 0 Å². The van der Waals surface area contributed by atoms with Crippen LogP contribution >= 0.6 is 0 Å². The van der Waals surface area contributed by atoms with Gasteiger partial charge < -0.3 is 14.6 Å². The fraction of sp³-hybridized carbons (Fsp3) is 0.545. The summed E-state index contributed by atoms with van der Waals surface area (Å²) < 4.78 is 5.17. The molecule has 1 N–H and O–H groups in total. The Balaban J connectivity index is 1.17. The van der Waals surface area contributed by atoms with Gasteiger partial charge in [0.05, 0.1) is 12.5 Å². The largest absolute Gasteiger partial charge is 0.472 e. The van der Waals surface area contributed by atoms with Crippen LogP contribution in [-0.2, 0) is 17.9 Å². The Hall–Kier alpha value is -2.18. The average Bonchev–Trinajstić information content (AvgIpc) is 3.26. The Morgan fingerprint density at radius 1 is 1.11 bits per heavy atom. The molecule has 0 spiro atoms. The third-order valence-corrected chi connectivity index (χ3v) is 6.15. The number of pyridine rings is 1. The van der Waals surface area contributed by atoms with Crippen LogP contribution in [0.15, 0.2) is 47.5 Å². The second-order valence-corrected chi connectivity index (χ2v) is 8.03. The lowest BCUT2D eigenvalue weighted by molar-refractivity contribution is -0.126. The van der Waals surface area contributed by atoms with Gasteiger partial charge in [0.25, 0.3) is 0 Å². The van der Waals surface area contributed by atoms with Gasteiger partial charge in [-0.05, 0) is 69.6 Å². The monoisotopic (exact) mass is 382 g/mol. The van der Waals surface area contributed by atoms with Crippen molar-refractivity contribution in [3.8, 4) is 0 Å². The topological polar surface area (TPSA) is 61.6 Å². The van der Waals surface area contributed by atoms with Crippen molar-refractivity contribution in [2.75, 3.05) is 26.2 Å². The number of rotatable bonds is 6. The zero-order valence-corrected chi connectivity index (χ0v) is 16.4. The number of likely N-dealkylation sites (tertiary alicyclic amines) is 2. The van der Waals surface area contributed by atoms with E-state index < -0.39 is 0 Å². The van der Waals surface area contributed by atoms with Crippen molar-refractivity contribution in [3.63, 3.8) is 0 Å². The van der Waals surface area contributed by atoms with Crippen LogP contribution in [0.3, 0.4) is 0 Å². The molecule has 0 saturated carbocycles. The molecule has 4 rings (SSSR count). The summed E-state index contributed by atoms with van der Waals surface area (Å²) in [7, 11) is 0. The van der Waals surface area contributed by atoms with E-state index in [2.05, 4.69) is 26.2 Å². The van der Waals surface area contributed by atoms with Crippen LogP contribution in [0.25, 0.3) is 0 Å². The van der Waals surface area contributed by atoms with E-state index in [0.717, 1.165) is 51.1 Å². The number of amides is 1. The van der Waals surface area contributed by atoms with Crippen LogP contribution in [0, 0.1) is 5.92 Å². The van der Waals surface area contributed by atoms with Crippen LogP contribution in [0.4, 0.5) is 0 Å². The van der Waals surface area contributed by atoms with Gasteiger partial charge >= 0.3 is 0 Å². The standard InChI is InChI=1S/C22H30N4O2/c27-22(24-15-18-2-1-8-23-14-18)20-3-11-26(12-4-20)21-5-9-25(10-6-21)16-19-7-13-28-17-19/h1-2,7-8,13-14,17,20-21H,3-6,9-12,15-16H2,(H,24,27). The van der Waals surface area contributed by atoms with E-state index >= 15 is 0 Å². The molecule has 0 bridgehead atoms. The minimum atomic E-state index is 0.147. The first-order valence-corrected chi connectivity index (χ1v) is 10.4. The maximum absolute atomic E-state index is 12.5. The summed E-state index contributed by atoms with van der Waals surface area (Å²) in [5.41, 5.74) is 2.31. The molecule has 0 aliphatic carbocycles. The van der Waals surface area contributed by atoms with E-state index in [4.69, 9.17) is 4.42 Å². The van der Waals surface area contributed by atoms with Crippen molar-refractivity contribution < 1.29 is 9.21 Å². The molecule has 0 atom stereocenters. The molecule has 2 aliphatic heterocycles. The molecule has 2 saturated heterocycles. The van der Waals surface area contributed by atoms with E-state index in [9.17, 15) is 4.79 Å². The van der Waals surface area contributed by atoms with Gasteiger partial charge in [-0.1, -0.05) is 6.07 Å². The fourth-order valence-electron chi connectivity index (χ4n) is 4.45. The van der Waals surface area contributed by atoms with E-state index in [0.29, 0.717) is 12.6 Å². The van der Waals surface area contributed by atoms with Gasteiger partial charge in [0, 0.05) is 43.0 Å². The fourth-order valence-corrected chi connectivity index (χ4v) is 4.45. The number of nitrogens with one attached hydrogen (secondary N) is 1. The summed E-state index contributed by atoms with van der Waals surface area (Å²) in [6.45, 7) is 5.92.